The van der Waals surface area contributed by atoms with Gasteiger partial charge in [0.1, 0.15) is 0 Å². The number of aliphatic hydroxyl groups is 1. The number of aromatic nitrogens is 2. The van der Waals surface area contributed by atoms with Gasteiger partial charge in [-0.2, -0.15) is 0 Å². The molecule has 90 valence electrons. The Morgan fingerprint density at radius 1 is 1.38 bits per heavy atom. The summed E-state index contributed by atoms with van der Waals surface area (Å²) in [7, 11) is 1.68. The van der Waals surface area contributed by atoms with E-state index < -0.39 is 6.10 Å². The van der Waals surface area contributed by atoms with Crippen LogP contribution in [-0.4, -0.2) is 27.8 Å². The van der Waals surface area contributed by atoms with Crippen LogP contribution >= 0.6 is 0 Å². The molecule has 0 aliphatic carbocycles. The largest absolute Gasteiger partial charge is 0.387 e. The minimum atomic E-state index is -0.567. The zero-order chi connectivity index (χ0) is 12.2. The van der Waals surface area contributed by atoms with Crippen molar-refractivity contribution < 1.29 is 9.84 Å². The normalized spacial score (nSPS) is 13.8. The van der Waals surface area contributed by atoms with Crippen LogP contribution in [0, 0.1) is 6.92 Å². The first kappa shape index (κ1) is 13.1. The summed E-state index contributed by atoms with van der Waals surface area (Å²) in [6, 6.07) is 0. The lowest BCUT2D eigenvalue weighted by atomic mass is 9.99. The Labute approximate surface area is 96.7 Å². The van der Waals surface area contributed by atoms with E-state index in [2.05, 4.69) is 9.97 Å². The number of aliphatic hydroxyl groups excluding tert-OH is 1. The summed E-state index contributed by atoms with van der Waals surface area (Å²) in [6.07, 6.45) is 4.13. The minimum absolute atomic E-state index is 0.209. The number of ether oxygens (including phenoxy) is 1. The molecule has 1 aromatic rings. The minimum Gasteiger partial charge on any atom is -0.387 e. The molecular weight excluding hydrogens is 204 g/mol. The van der Waals surface area contributed by atoms with Gasteiger partial charge in [-0.15, -0.1) is 0 Å². The molecule has 0 spiro atoms. The molecule has 0 saturated carbocycles. The summed E-state index contributed by atoms with van der Waals surface area (Å²) in [5.74, 6) is 0. The summed E-state index contributed by atoms with van der Waals surface area (Å²) in [4.78, 5) is 8.26. The van der Waals surface area contributed by atoms with E-state index in [-0.39, 0.29) is 5.60 Å². The van der Waals surface area contributed by atoms with E-state index in [0.717, 1.165) is 12.1 Å². The SMILES string of the molecule is COC(C)(C)CCC(O)c1cnc(C)cn1. The van der Waals surface area contributed by atoms with Crippen LogP contribution in [0.25, 0.3) is 0 Å². The molecule has 1 heterocycles. The molecule has 1 unspecified atom stereocenters. The highest BCUT2D eigenvalue weighted by Gasteiger charge is 2.19. The monoisotopic (exact) mass is 224 g/mol. The van der Waals surface area contributed by atoms with Crippen LogP contribution in [0.5, 0.6) is 0 Å². The summed E-state index contributed by atoms with van der Waals surface area (Å²) >= 11 is 0. The predicted octanol–water partition coefficient (Wildman–Crippen LogP) is 2.02. The number of methoxy groups -OCH3 is 1. The summed E-state index contributed by atoms with van der Waals surface area (Å²) < 4.78 is 5.30. The predicted molar refractivity (Wildman–Crippen MR) is 62.1 cm³/mol. The molecule has 0 bridgehead atoms. The Morgan fingerprint density at radius 2 is 2.06 bits per heavy atom. The number of rotatable bonds is 5. The molecule has 1 N–H and O–H groups in total. The van der Waals surface area contributed by atoms with Crippen molar-refractivity contribution in [3.8, 4) is 0 Å². The van der Waals surface area contributed by atoms with E-state index in [9.17, 15) is 5.11 Å². The molecule has 0 fully saturated rings. The quantitative estimate of drug-likeness (QED) is 0.831. The molecule has 0 amide bonds. The Kier molecular flexibility index (Phi) is 4.38. The Balaban J connectivity index is 2.53. The summed E-state index contributed by atoms with van der Waals surface area (Å²) in [6.45, 7) is 5.87. The third-order valence-electron chi connectivity index (χ3n) is 2.71. The molecule has 16 heavy (non-hydrogen) atoms. The number of nitrogens with zero attached hydrogens (tertiary/aromatic N) is 2. The van der Waals surface area contributed by atoms with E-state index >= 15 is 0 Å². The van der Waals surface area contributed by atoms with Gasteiger partial charge in [-0.1, -0.05) is 0 Å². The van der Waals surface area contributed by atoms with Gasteiger partial charge >= 0.3 is 0 Å². The lowest BCUT2D eigenvalue weighted by Gasteiger charge is -2.23. The Bertz CT molecular complexity index is 322. The first-order valence-electron chi connectivity index (χ1n) is 5.46. The second-order valence-electron chi connectivity index (χ2n) is 4.60. The van der Waals surface area contributed by atoms with Crippen molar-refractivity contribution in [2.24, 2.45) is 0 Å². The molecule has 1 rings (SSSR count). The highest BCUT2D eigenvalue weighted by Crippen LogP contribution is 2.22. The fourth-order valence-corrected chi connectivity index (χ4v) is 1.31. The van der Waals surface area contributed by atoms with Crippen LogP contribution in [0.15, 0.2) is 12.4 Å². The van der Waals surface area contributed by atoms with Crippen LogP contribution in [0.1, 0.15) is 44.2 Å². The average molecular weight is 224 g/mol. The third-order valence-corrected chi connectivity index (χ3v) is 2.71. The second kappa shape index (κ2) is 5.37. The maximum atomic E-state index is 9.91. The van der Waals surface area contributed by atoms with Crippen molar-refractivity contribution in [1.29, 1.82) is 0 Å². The summed E-state index contributed by atoms with van der Waals surface area (Å²) in [5.41, 5.74) is 1.27. The Hall–Kier alpha value is -1.00. The van der Waals surface area contributed by atoms with Crippen molar-refractivity contribution in [2.75, 3.05) is 7.11 Å². The molecular formula is C12H20N2O2. The fraction of sp³-hybridized carbons (Fsp3) is 0.667. The third kappa shape index (κ3) is 3.87. The van der Waals surface area contributed by atoms with Crippen molar-refractivity contribution in [1.82, 2.24) is 9.97 Å². The molecule has 4 heteroatoms. The van der Waals surface area contributed by atoms with Gasteiger partial charge in [0.15, 0.2) is 0 Å². The molecule has 1 atom stereocenters. The molecule has 1 aromatic heterocycles. The number of hydrogen-bond donors (Lipinski definition) is 1. The van der Waals surface area contributed by atoms with Crippen LogP contribution in [-0.2, 0) is 4.74 Å². The highest BCUT2D eigenvalue weighted by atomic mass is 16.5. The van der Waals surface area contributed by atoms with E-state index in [1.807, 2.05) is 20.8 Å². The molecule has 0 aliphatic rings. The van der Waals surface area contributed by atoms with Gasteiger partial charge in [0.05, 0.1) is 29.3 Å². The smallest absolute Gasteiger partial charge is 0.0976 e. The van der Waals surface area contributed by atoms with E-state index in [1.165, 1.54) is 0 Å². The molecule has 4 nitrogen and oxygen atoms in total. The van der Waals surface area contributed by atoms with Crippen LogP contribution in [0.4, 0.5) is 0 Å². The van der Waals surface area contributed by atoms with Crippen molar-refractivity contribution in [2.45, 2.75) is 45.3 Å². The van der Waals surface area contributed by atoms with E-state index in [1.54, 1.807) is 19.5 Å². The van der Waals surface area contributed by atoms with E-state index in [4.69, 9.17) is 4.74 Å². The van der Waals surface area contributed by atoms with Crippen LogP contribution in [0.3, 0.4) is 0 Å². The van der Waals surface area contributed by atoms with Gasteiger partial charge in [-0.3, -0.25) is 9.97 Å². The van der Waals surface area contributed by atoms with Crippen LogP contribution in [0.2, 0.25) is 0 Å². The lowest BCUT2D eigenvalue weighted by molar-refractivity contribution is 0.00238. The van der Waals surface area contributed by atoms with E-state index in [0.29, 0.717) is 12.1 Å². The zero-order valence-corrected chi connectivity index (χ0v) is 10.4. The molecule has 0 radical (unpaired) electrons. The fourth-order valence-electron chi connectivity index (χ4n) is 1.31. The first-order chi connectivity index (χ1) is 7.44. The van der Waals surface area contributed by atoms with Crippen molar-refractivity contribution >= 4 is 0 Å². The topological polar surface area (TPSA) is 55.2 Å². The second-order valence-corrected chi connectivity index (χ2v) is 4.60. The number of hydrogen-bond acceptors (Lipinski definition) is 4. The van der Waals surface area contributed by atoms with Gasteiger partial charge in [0.2, 0.25) is 0 Å². The maximum Gasteiger partial charge on any atom is 0.0976 e. The van der Waals surface area contributed by atoms with Gasteiger partial charge in [-0.25, -0.2) is 0 Å². The highest BCUT2D eigenvalue weighted by molar-refractivity contribution is 5.03. The standard InChI is InChI=1S/C12H20N2O2/c1-9-7-14-10(8-13-9)11(15)5-6-12(2,3)16-4/h7-8,11,15H,5-6H2,1-4H3. The Morgan fingerprint density at radius 3 is 2.56 bits per heavy atom. The summed E-state index contributed by atoms with van der Waals surface area (Å²) in [5, 5.41) is 9.91. The molecule has 0 saturated heterocycles. The average Bonchev–Trinajstić information content (AvgIpc) is 2.27. The van der Waals surface area contributed by atoms with Crippen molar-refractivity contribution in [3.05, 3.63) is 23.8 Å². The van der Waals surface area contributed by atoms with Gasteiger partial charge in [0, 0.05) is 13.3 Å². The molecule has 0 aromatic carbocycles. The first-order valence-corrected chi connectivity index (χ1v) is 5.46. The number of aryl methyl sites for hydroxylation is 1. The zero-order valence-electron chi connectivity index (χ0n) is 10.4. The maximum absolute atomic E-state index is 9.91. The molecule has 0 aliphatic heterocycles. The van der Waals surface area contributed by atoms with Gasteiger partial charge in [-0.05, 0) is 33.6 Å². The lowest BCUT2D eigenvalue weighted by Crippen LogP contribution is -2.23. The van der Waals surface area contributed by atoms with Gasteiger partial charge in [0.25, 0.3) is 0 Å². The van der Waals surface area contributed by atoms with Crippen molar-refractivity contribution in [3.63, 3.8) is 0 Å². The van der Waals surface area contributed by atoms with Gasteiger partial charge < -0.3 is 9.84 Å². The van der Waals surface area contributed by atoms with Crippen LogP contribution < -0.4 is 0 Å².